The first-order valence-corrected chi connectivity index (χ1v) is 10.7. The molecule has 1 aliphatic carbocycles. The molecule has 4 heterocycles. The molecule has 4 atom stereocenters. The summed E-state index contributed by atoms with van der Waals surface area (Å²) in [5.41, 5.74) is 1.53. The standard InChI is InChI=1S/C20H23N5O3S/c1-12-19(28-11-21-12)20(26)24-8-13-6-16(17(27-2)7-14(13)9-24)25-10-15(22-23-25)18-4-3-5-29-18/h3-5,10-11,13-14,16-17H,6-9H2,1-2H3/t13-,14+,16-,17-/m1/s1. The van der Waals surface area contributed by atoms with E-state index in [2.05, 4.69) is 21.4 Å². The molecule has 29 heavy (non-hydrogen) atoms. The van der Waals surface area contributed by atoms with Crippen LogP contribution in [0.2, 0.25) is 0 Å². The molecule has 3 aromatic rings. The highest BCUT2D eigenvalue weighted by atomic mass is 32.1. The highest BCUT2D eigenvalue weighted by molar-refractivity contribution is 7.13. The summed E-state index contributed by atoms with van der Waals surface area (Å²) in [5, 5.41) is 10.8. The molecule has 8 nitrogen and oxygen atoms in total. The SMILES string of the molecule is CO[C@@H]1C[C@H]2CN(C(=O)c3ocnc3C)C[C@H]2C[C@H]1n1cc(-c2cccs2)nn1. The Labute approximate surface area is 172 Å². The van der Waals surface area contributed by atoms with E-state index in [1.165, 1.54) is 6.39 Å². The Morgan fingerprint density at radius 1 is 1.31 bits per heavy atom. The summed E-state index contributed by atoms with van der Waals surface area (Å²) in [4.78, 5) is 19.9. The van der Waals surface area contributed by atoms with E-state index < -0.39 is 0 Å². The second kappa shape index (κ2) is 7.38. The van der Waals surface area contributed by atoms with Crippen molar-refractivity contribution in [1.82, 2.24) is 24.9 Å². The lowest BCUT2D eigenvalue weighted by Gasteiger charge is -2.36. The van der Waals surface area contributed by atoms with Crippen molar-refractivity contribution < 1.29 is 13.9 Å². The second-order valence-corrected chi connectivity index (χ2v) is 8.82. The maximum atomic E-state index is 12.8. The highest BCUT2D eigenvalue weighted by Gasteiger charge is 2.45. The molecular formula is C20H23N5O3S. The smallest absolute Gasteiger partial charge is 0.291 e. The first-order chi connectivity index (χ1) is 14.1. The first-order valence-electron chi connectivity index (χ1n) is 9.82. The number of hydrogen-bond acceptors (Lipinski definition) is 7. The number of nitrogens with zero attached hydrogens (tertiary/aromatic N) is 5. The lowest BCUT2D eigenvalue weighted by molar-refractivity contribution is -0.00545. The van der Waals surface area contributed by atoms with Crippen LogP contribution in [0.1, 0.15) is 35.1 Å². The molecule has 1 amide bonds. The Hall–Kier alpha value is -2.52. The third-order valence-electron chi connectivity index (χ3n) is 6.24. The Kier molecular flexibility index (Phi) is 4.71. The van der Waals surface area contributed by atoms with Gasteiger partial charge in [0.2, 0.25) is 5.76 Å². The Morgan fingerprint density at radius 3 is 2.83 bits per heavy atom. The number of aromatic nitrogens is 4. The van der Waals surface area contributed by atoms with E-state index >= 15 is 0 Å². The fourth-order valence-electron chi connectivity index (χ4n) is 4.71. The van der Waals surface area contributed by atoms with Gasteiger partial charge in [0.25, 0.3) is 5.91 Å². The molecule has 2 aliphatic rings. The topological polar surface area (TPSA) is 86.3 Å². The highest BCUT2D eigenvalue weighted by Crippen LogP contribution is 2.42. The molecule has 0 N–H and O–H groups in total. The van der Waals surface area contributed by atoms with Crippen molar-refractivity contribution in [2.45, 2.75) is 31.9 Å². The van der Waals surface area contributed by atoms with Gasteiger partial charge < -0.3 is 14.1 Å². The van der Waals surface area contributed by atoms with Crippen LogP contribution in [-0.4, -0.2) is 57.1 Å². The second-order valence-electron chi connectivity index (χ2n) is 7.87. The largest absolute Gasteiger partial charge is 0.438 e. The third kappa shape index (κ3) is 3.28. The number of oxazole rings is 1. The lowest BCUT2D eigenvalue weighted by Crippen LogP contribution is -2.37. The minimum atomic E-state index is -0.0688. The predicted molar refractivity (Wildman–Crippen MR) is 107 cm³/mol. The number of carbonyl (C=O) groups excluding carboxylic acids is 1. The summed E-state index contributed by atoms with van der Waals surface area (Å²) >= 11 is 1.66. The summed E-state index contributed by atoms with van der Waals surface area (Å²) in [6.07, 6.45) is 5.21. The Morgan fingerprint density at radius 2 is 2.14 bits per heavy atom. The van der Waals surface area contributed by atoms with E-state index in [4.69, 9.17) is 9.15 Å². The van der Waals surface area contributed by atoms with Crippen LogP contribution in [-0.2, 0) is 4.74 Å². The molecule has 3 aromatic heterocycles. The van der Waals surface area contributed by atoms with Gasteiger partial charge in [-0.3, -0.25) is 4.79 Å². The van der Waals surface area contributed by atoms with Gasteiger partial charge in [0, 0.05) is 20.2 Å². The molecule has 152 valence electrons. The van der Waals surface area contributed by atoms with Crippen molar-refractivity contribution in [3.05, 3.63) is 41.6 Å². The number of hydrogen-bond donors (Lipinski definition) is 0. The molecule has 0 radical (unpaired) electrons. The maximum absolute atomic E-state index is 12.8. The number of rotatable bonds is 4. The molecule has 0 spiro atoms. The maximum Gasteiger partial charge on any atom is 0.291 e. The molecule has 9 heteroatoms. The molecule has 5 rings (SSSR count). The van der Waals surface area contributed by atoms with Crippen LogP contribution in [0.3, 0.4) is 0 Å². The van der Waals surface area contributed by atoms with Crippen LogP contribution in [0, 0.1) is 18.8 Å². The van der Waals surface area contributed by atoms with Gasteiger partial charge in [0.1, 0.15) is 5.69 Å². The number of likely N-dealkylation sites (tertiary alicyclic amines) is 1. The Bertz CT molecular complexity index is 998. The van der Waals surface area contributed by atoms with Crippen molar-refractivity contribution in [2.75, 3.05) is 20.2 Å². The lowest BCUT2D eigenvalue weighted by atomic mass is 9.77. The average Bonchev–Trinajstić information content (AvgIpc) is 3.52. The van der Waals surface area contributed by atoms with Crippen molar-refractivity contribution >= 4 is 17.2 Å². The summed E-state index contributed by atoms with van der Waals surface area (Å²) in [5.74, 6) is 1.11. The van der Waals surface area contributed by atoms with Crippen molar-refractivity contribution in [2.24, 2.45) is 11.8 Å². The van der Waals surface area contributed by atoms with Crippen molar-refractivity contribution in [3.63, 3.8) is 0 Å². The molecule has 1 saturated carbocycles. The molecule has 0 aromatic carbocycles. The van der Waals surface area contributed by atoms with E-state index in [0.717, 1.165) is 36.5 Å². The molecule has 1 aliphatic heterocycles. The number of aryl methyl sites for hydroxylation is 1. The normalized spacial score (nSPS) is 26.6. The van der Waals surface area contributed by atoms with Gasteiger partial charge in [-0.15, -0.1) is 16.4 Å². The van der Waals surface area contributed by atoms with Gasteiger partial charge in [-0.25, -0.2) is 9.67 Å². The van der Waals surface area contributed by atoms with Crippen LogP contribution in [0.4, 0.5) is 0 Å². The molecule has 2 fully saturated rings. The van der Waals surface area contributed by atoms with Crippen LogP contribution < -0.4 is 0 Å². The number of methoxy groups -OCH3 is 1. The van der Waals surface area contributed by atoms with Gasteiger partial charge in [0.15, 0.2) is 6.39 Å². The van der Waals surface area contributed by atoms with E-state index in [-0.39, 0.29) is 18.1 Å². The minimum absolute atomic E-state index is 0.0520. The van der Waals surface area contributed by atoms with Gasteiger partial charge in [-0.2, -0.15) is 0 Å². The van der Waals surface area contributed by atoms with Gasteiger partial charge in [-0.1, -0.05) is 11.3 Å². The summed E-state index contributed by atoms with van der Waals surface area (Å²) < 4.78 is 13.1. The monoisotopic (exact) mass is 413 g/mol. The average molecular weight is 414 g/mol. The number of thiophene rings is 1. The van der Waals surface area contributed by atoms with Crippen molar-refractivity contribution in [1.29, 1.82) is 0 Å². The first kappa shape index (κ1) is 18.5. The van der Waals surface area contributed by atoms with Gasteiger partial charge in [0.05, 0.1) is 28.9 Å². The summed E-state index contributed by atoms with van der Waals surface area (Å²) in [6, 6.07) is 4.18. The number of carbonyl (C=O) groups is 1. The van der Waals surface area contributed by atoms with Crippen LogP contribution in [0.25, 0.3) is 10.6 Å². The number of fused-ring (bicyclic) bond motifs is 1. The fraction of sp³-hybridized carbons (Fsp3) is 0.500. The van der Waals surface area contributed by atoms with Crippen molar-refractivity contribution in [3.8, 4) is 10.6 Å². The zero-order valence-corrected chi connectivity index (χ0v) is 17.2. The zero-order valence-electron chi connectivity index (χ0n) is 16.4. The van der Waals surface area contributed by atoms with Gasteiger partial charge in [-0.05, 0) is 43.0 Å². The third-order valence-corrected chi connectivity index (χ3v) is 7.13. The van der Waals surface area contributed by atoms with E-state index in [9.17, 15) is 4.79 Å². The van der Waals surface area contributed by atoms with Gasteiger partial charge >= 0.3 is 0 Å². The van der Waals surface area contributed by atoms with E-state index in [1.807, 2.05) is 27.2 Å². The molecule has 0 unspecified atom stereocenters. The number of ether oxygens (including phenoxy) is 1. The van der Waals surface area contributed by atoms with E-state index in [1.54, 1.807) is 25.4 Å². The van der Waals surface area contributed by atoms with Crippen LogP contribution in [0.5, 0.6) is 0 Å². The quantitative estimate of drug-likeness (QED) is 0.653. The van der Waals surface area contributed by atoms with Crippen LogP contribution in [0.15, 0.2) is 34.5 Å². The zero-order chi connectivity index (χ0) is 20.0. The molecule has 0 bridgehead atoms. The predicted octanol–water partition coefficient (Wildman–Crippen LogP) is 3.04. The van der Waals surface area contributed by atoms with E-state index in [0.29, 0.717) is 23.3 Å². The van der Waals surface area contributed by atoms with Crippen LogP contribution >= 0.6 is 11.3 Å². The Balaban J connectivity index is 1.34. The molecular weight excluding hydrogens is 390 g/mol. The number of amides is 1. The summed E-state index contributed by atoms with van der Waals surface area (Å²) in [6.45, 7) is 3.25. The fourth-order valence-corrected chi connectivity index (χ4v) is 5.39. The minimum Gasteiger partial charge on any atom is -0.438 e. The summed E-state index contributed by atoms with van der Waals surface area (Å²) in [7, 11) is 1.75. The molecule has 1 saturated heterocycles.